The first-order chi connectivity index (χ1) is 11.5. The molecule has 25 heavy (non-hydrogen) atoms. The van der Waals surface area contributed by atoms with E-state index in [0.717, 1.165) is 30.4 Å². The Morgan fingerprint density at radius 1 is 0.800 bits per heavy atom. The second-order valence-corrected chi connectivity index (χ2v) is 6.58. The van der Waals surface area contributed by atoms with Gasteiger partial charge in [0, 0.05) is 19.3 Å². The zero-order valence-corrected chi connectivity index (χ0v) is 16.9. The topological polar surface area (TPSA) is 47.9 Å². The van der Waals surface area contributed by atoms with Crippen molar-refractivity contribution in [2.45, 2.75) is 36.8 Å². The maximum atomic E-state index is 11.6. The zero-order chi connectivity index (χ0) is 17.5. The van der Waals surface area contributed by atoms with Gasteiger partial charge in [0.25, 0.3) is 0 Å². The van der Waals surface area contributed by atoms with Gasteiger partial charge in [-0.15, -0.1) is 13.2 Å². The van der Waals surface area contributed by atoms with Crippen molar-refractivity contribution in [1.82, 2.24) is 0 Å². The molecule has 0 amide bonds. The summed E-state index contributed by atoms with van der Waals surface area (Å²) in [6.07, 6.45) is 6.80. The van der Waals surface area contributed by atoms with Crippen molar-refractivity contribution in [2.75, 3.05) is 0 Å². The van der Waals surface area contributed by atoms with Gasteiger partial charge in [-0.1, -0.05) is 72.8 Å². The highest BCUT2D eigenvalue weighted by Gasteiger charge is 2.36. The first kappa shape index (κ1) is 21.6. The highest BCUT2D eigenvalue weighted by atomic mass is 127. The lowest BCUT2D eigenvalue weighted by Gasteiger charge is -2.33. The summed E-state index contributed by atoms with van der Waals surface area (Å²) >= 11 is 0. The van der Waals surface area contributed by atoms with E-state index < -0.39 is 5.60 Å². The molecule has 0 saturated carbocycles. The molecule has 0 radical (unpaired) electrons. The molecule has 0 atom stereocenters. The van der Waals surface area contributed by atoms with E-state index in [1.807, 2.05) is 72.8 Å². The summed E-state index contributed by atoms with van der Waals surface area (Å²) in [4.78, 5) is 0. The zero-order valence-electron chi connectivity index (χ0n) is 14.7. The van der Waals surface area contributed by atoms with Gasteiger partial charge in [0.05, 0.1) is 0 Å². The summed E-state index contributed by atoms with van der Waals surface area (Å²) in [5.74, 6) is 0. The fraction of sp³-hybridized carbons (Fsp3) is 0.273. The quantitative estimate of drug-likeness (QED) is 0.433. The first-order valence-electron chi connectivity index (χ1n) is 8.45. The molecule has 0 bridgehead atoms. The number of halogens is 1. The number of hydrogen-bond acceptors (Lipinski definition) is 1. The van der Waals surface area contributed by atoms with E-state index in [-0.39, 0.29) is 29.5 Å². The fourth-order valence-corrected chi connectivity index (χ4v) is 3.23. The normalized spacial score (nSPS) is 11.4. The van der Waals surface area contributed by atoms with Crippen molar-refractivity contribution in [1.29, 1.82) is 0 Å². The Morgan fingerprint density at radius 3 is 1.56 bits per heavy atom. The molecule has 0 aliphatic heterocycles. The lowest BCUT2D eigenvalue weighted by atomic mass is 9.77. The van der Waals surface area contributed by atoms with Gasteiger partial charge in [-0.05, 0) is 17.5 Å². The van der Waals surface area contributed by atoms with Gasteiger partial charge < -0.3 is 34.8 Å². The molecule has 4 N–H and O–H groups in total. The van der Waals surface area contributed by atoms with Crippen LogP contribution in [0.5, 0.6) is 0 Å². The molecular weight excluding hydrogens is 421 g/mol. The molecule has 0 unspecified atom stereocenters. The Labute approximate surface area is 168 Å². The lowest BCUT2D eigenvalue weighted by Crippen LogP contribution is -3.00. The number of aliphatic hydroxyl groups is 1. The minimum Gasteiger partial charge on any atom is -1.00 e. The van der Waals surface area contributed by atoms with Crippen LogP contribution in [0.2, 0.25) is 0 Å². The molecule has 0 fully saturated rings. The third-order valence-electron chi connectivity index (χ3n) is 4.67. The van der Waals surface area contributed by atoms with Gasteiger partial charge in [-0.2, -0.15) is 0 Å². The van der Waals surface area contributed by atoms with E-state index in [2.05, 4.69) is 18.9 Å². The second kappa shape index (κ2) is 9.90. The van der Waals surface area contributed by atoms with Gasteiger partial charge in [0.1, 0.15) is 11.1 Å². The van der Waals surface area contributed by atoms with Crippen LogP contribution in [0.3, 0.4) is 0 Å². The van der Waals surface area contributed by atoms with Gasteiger partial charge in [-0.3, -0.25) is 0 Å². The Kier molecular flexibility index (Phi) is 8.56. The Bertz CT molecular complexity index is 605. The number of benzene rings is 2. The molecule has 2 aromatic carbocycles. The number of quaternary nitrogens is 1. The van der Waals surface area contributed by atoms with Crippen molar-refractivity contribution < 1.29 is 34.8 Å². The summed E-state index contributed by atoms with van der Waals surface area (Å²) in [6, 6.07) is 19.7. The summed E-state index contributed by atoms with van der Waals surface area (Å²) in [6.45, 7) is 7.70. The van der Waals surface area contributed by atoms with E-state index in [9.17, 15) is 5.11 Å². The largest absolute Gasteiger partial charge is 1.00 e. The Hall–Kier alpha value is -1.43. The van der Waals surface area contributed by atoms with Crippen LogP contribution >= 0.6 is 0 Å². The van der Waals surface area contributed by atoms with E-state index >= 15 is 0 Å². The third kappa shape index (κ3) is 5.53. The van der Waals surface area contributed by atoms with Gasteiger partial charge in [-0.25, -0.2) is 0 Å². The van der Waals surface area contributed by atoms with Crippen LogP contribution in [0.1, 0.15) is 36.8 Å². The van der Waals surface area contributed by atoms with Crippen LogP contribution in [-0.4, -0.2) is 10.6 Å². The maximum absolute atomic E-state index is 11.6. The van der Waals surface area contributed by atoms with Crippen LogP contribution in [0.25, 0.3) is 0 Å². The first-order valence-corrected chi connectivity index (χ1v) is 8.45. The molecular formula is C22H28INO. The second-order valence-electron chi connectivity index (χ2n) is 6.58. The smallest absolute Gasteiger partial charge is 0.115 e. The van der Waals surface area contributed by atoms with Crippen LogP contribution in [0, 0.1) is 0 Å². The number of hydrogen-bond donors (Lipinski definition) is 2. The van der Waals surface area contributed by atoms with E-state index in [1.54, 1.807) is 0 Å². The van der Waals surface area contributed by atoms with Gasteiger partial charge >= 0.3 is 0 Å². The minimum atomic E-state index is -1.02. The molecule has 2 rings (SSSR count). The maximum Gasteiger partial charge on any atom is 0.115 e. The van der Waals surface area contributed by atoms with Crippen molar-refractivity contribution in [3.05, 3.63) is 97.1 Å². The van der Waals surface area contributed by atoms with E-state index in [1.165, 1.54) is 0 Å². The van der Waals surface area contributed by atoms with Crippen molar-refractivity contribution in [3.63, 3.8) is 0 Å². The molecule has 0 spiro atoms. The van der Waals surface area contributed by atoms with E-state index in [0.29, 0.717) is 6.42 Å². The van der Waals surface area contributed by atoms with Crippen molar-refractivity contribution in [3.8, 4) is 0 Å². The standard InChI is InChI=1S/C22H27NO.HI/c1-3-15-21(23,16-4-2)17-18-22(24,19-11-7-5-8-12-19)20-13-9-6-10-14-20;/h3-14,24H,1-2,15-18,23H2;1H. The lowest BCUT2D eigenvalue weighted by molar-refractivity contribution is -0.479. The molecule has 0 saturated heterocycles. The summed E-state index contributed by atoms with van der Waals surface area (Å²) in [7, 11) is 0. The van der Waals surface area contributed by atoms with Crippen LogP contribution < -0.4 is 29.7 Å². The highest BCUT2D eigenvalue weighted by Crippen LogP contribution is 2.36. The average Bonchev–Trinajstić information content (AvgIpc) is 2.62. The van der Waals surface area contributed by atoms with Gasteiger partial charge in [0.2, 0.25) is 0 Å². The molecule has 3 heteroatoms. The molecule has 2 nitrogen and oxygen atoms in total. The van der Waals surface area contributed by atoms with Crippen LogP contribution in [0.4, 0.5) is 0 Å². The molecule has 0 aromatic heterocycles. The highest BCUT2D eigenvalue weighted by molar-refractivity contribution is 5.35. The van der Waals surface area contributed by atoms with Crippen LogP contribution in [0.15, 0.2) is 86.0 Å². The summed E-state index contributed by atoms with van der Waals surface area (Å²) < 4.78 is 0. The molecule has 2 aromatic rings. The van der Waals surface area contributed by atoms with Crippen LogP contribution in [-0.2, 0) is 5.60 Å². The van der Waals surface area contributed by atoms with E-state index in [4.69, 9.17) is 0 Å². The minimum absolute atomic E-state index is 0. The fourth-order valence-electron chi connectivity index (χ4n) is 3.23. The predicted molar refractivity (Wildman–Crippen MR) is 100 cm³/mol. The number of rotatable bonds is 9. The molecule has 0 aliphatic carbocycles. The van der Waals surface area contributed by atoms with Crippen molar-refractivity contribution in [2.24, 2.45) is 0 Å². The molecule has 134 valence electrons. The summed E-state index contributed by atoms with van der Waals surface area (Å²) in [5.41, 5.74) is 5.01. The third-order valence-corrected chi connectivity index (χ3v) is 4.67. The average molecular weight is 449 g/mol. The van der Waals surface area contributed by atoms with Crippen molar-refractivity contribution >= 4 is 0 Å². The predicted octanol–water partition coefficient (Wildman–Crippen LogP) is 0.840. The Morgan fingerprint density at radius 2 is 1.20 bits per heavy atom. The summed E-state index contributed by atoms with van der Waals surface area (Å²) in [5, 5.41) is 11.6. The SMILES string of the molecule is C=CCC([NH3+])(CC=C)CCC(O)(c1ccccc1)c1ccccc1.[I-]. The molecule has 0 heterocycles. The molecule has 0 aliphatic rings. The van der Waals surface area contributed by atoms with Gasteiger partial charge in [0.15, 0.2) is 0 Å². The Balaban J connectivity index is 0.00000312. The monoisotopic (exact) mass is 449 g/mol.